The van der Waals surface area contributed by atoms with Gasteiger partial charge < -0.3 is 10.6 Å². The van der Waals surface area contributed by atoms with Crippen molar-refractivity contribution in [3.63, 3.8) is 0 Å². The third-order valence-electron chi connectivity index (χ3n) is 3.48. The molecule has 0 saturated carbocycles. The van der Waals surface area contributed by atoms with Gasteiger partial charge in [0.25, 0.3) is 0 Å². The summed E-state index contributed by atoms with van der Waals surface area (Å²) in [5.74, 6) is 0.772. The largest absolute Gasteiger partial charge is 0.416 e. The summed E-state index contributed by atoms with van der Waals surface area (Å²) in [5, 5.41) is 5.77. The third kappa shape index (κ3) is 4.06. The second-order valence-electron chi connectivity index (χ2n) is 5.28. The van der Waals surface area contributed by atoms with Gasteiger partial charge >= 0.3 is 6.18 Å². The van der Waals surface area contributed by atoms with E-state index in [4.69, 9.17) is 0 Å². The molecule has 1 aromatic heterocycles. The molecule has 1 heterocycles. The Bertz CT molecular complexity index is 864. The first-order valence-electron chi connectivity index (χ1n) is 7.52. The minimum absolute atomic E-state index is 0.301. The van der Waals surface area contributed by atoms with E-state index in [0.29, 0.717) is 23.1 Å². The Morgan fingerprint density at radius 2 is 1.64 bits per heavy atom. The van der Waals surface area contributed by atoms with Gasteiger partial charge in [0, 0.05) is 24.4 Å². The zero-order valence-electron chi connectivity index (χ0n) is 13.3. The minimum atomic E-state index is -4.39. The predicted octanol–water partition coefficient (Wildman–Crippen LogP) is 4.95. The normalized spacial score (nSPS) is 11.2. The zero-order valence-corrected chi connectivity index (χ0v) is 13.3. The molecule has 0 aliphatic rings. The van der Waals surface area contributed by atoms with Crippen LogP contribution in [0.2, 0.25) is 0 Å². The van der Waals surface area contributed by atoms with Crippen LogP contribution in [0.4, 0.5) is 30.6 Å². The molecule has 7 heteroatoms. The number of halogens is 3. The monoisotopic (exact) mass is 344 g/mol. The average molecular weight is 344 g/mol. The molecular formula is C18H15F3N4. The lowest BCUT2D eigenvalue weighted by atomic mass is 10.1. The summed E-state index contributed by atoms with van der Waals surface area (Å²) in [6, 6.07) is 16.1. The number of nitrogens with one attached hydrogen (secondary N) is 2. The highest BCUT2D eigenvalue weighted by Gasteiger charge is 2.30. The lowest BCUT2D eigenvalue weighted by molar-refractivity contribution is -0.137. The van der Waals surface area contributed by atoms with Crippen LogP contribution in [0.5, 0.6) is 0 Å². The number of rotatable bonds is 4. The molecule has 0 radical (unpaired) electrons. The summed E-state index contributed by atoms with van der Waals surface area (Å²) in [6.45, 7) is 0. The number of nitrogens with zero attached hydrogens (tertiary/aromatic N) is 2. The first-order chi connectivity index (χ1) is 12.0. The van der Waals surface area contributed by atoms with Gasteiger partial charge in [-0.1, -0.05) is 36.4 Å². The number of alkyl halides is 3. The molecule has 0 amide bonds. The van der Waals surface area contributed by atoms with Crippen molar-refractivity contribution in [3.8, 4) is 11.3 Å². The molecule has 0 aliphatic heterocycles. The molecule has 0 saturated heterocycles. The molecule has 0 fully saturated rings. The third-order valence-corrected chi connectivity index (χ3v) is 3.48. The average Bonchev–Trinajstić information content (AvgIpc) is 2.61. The molecule has 0 spiro atoms. The van der Waals surface area contributed by atoms with E-state index in [2.05, 4.69) is 20.6 Å². The smallest absolute Gasteiger partial charge is 0.357 e. The van der Waals surface area contributed by atoms with Gasteiger partial charge in [0.2, 0.25) is 5.95 Å². The Hall–Kier alpha value is -3.09. The molecular weight excluding hydrogens is 329 g/mol. The van der Waals surface area contributed by atoms with E-state index in [1.54, 1.807) is 19.2 Å². The van der Waals surface area contributed by atoms with Crippen LogP contribution in [-0.2, 0) is 6.18 Å². The van der Waals surface area contributed by atoms with Crippen LogP contribution in [0, 0.1) is 0 Å². The quantitative estimate of drug-likeness (QED) is 0.703. The standard InChI is InChI=1S/C18H15F3N4/c1-22-17-24-15(12-6-3-2-4-7-12)11-16(25-17)23-14-9-5-8-13(10-14)18(19,20)21/h2-11H,1H3,(H2,22,23,24,25). The molecule has 128 valence electrons. The highest BCUT2D eigenvalue weighted by molar-refractivity contribution is 5.67. The van der Waals surface area contributed by atoms with Crippen molar-refractivity contribution in [2.75, 3.05) is 17.7 Å². The fraction of sp³-hybridized carbons (Fsp3) is 0.111. The molecule has 3 rings (SSSR count). The van der Waals surface area contributed by atoms with Crippen molar-refractivity contribution in [3.05, 3.63) is 66.2 Å². The van der Waals surface area contributed by atoms with Gasteiger partial charge in [-0.05, 0) is 18.2 Å². The Kier molecular flexibility index (Phi) is 4.56. The maximum Gasteiger partial charge on any atom is 0.416 e. The number of benzene rings is 2. The molecule has 25 heavy (non-hydrogen) atoms. The first-order valence-corrected chi connectivity index (χ1v) is 7.52. The highest BCUT2D eigenvalue weighted by Crippen LogP contribution is 2.31. The second kappa shape index (κ2) is 6.80. The van der Waals surface area contributed by atoms with Crippen molar-refractivity contribution >= 4 is 17.5 Å². The fourth-order valence-corrected chi connectivity index (χ4v) is 2.30. The van der Waals surface area contributed by atoms with Gasteiger partial charge in [-0.25, -0.2) is 4.98 Å². The van der Waals surface area contributed by atoms with Gasteiger partial charge in [0.1, 0.15) is 5.82 Å². The summed E-state index contributed by atoms with van der Waals surface area (Å²) < 4.78 is 38.5. The summed E-state index contributed by atoms with van der Waals surface area (Å²) in [5.41, 5.74) is 1.13. The van der Waals surface area contributed by atoms with Crippen LogP contribution >= 0.6 is 0 Å². The lowest BCUT2D eigenvalue weighted by Gasteiger charge is -2.12. The SMILES string of the molecule is CNc1nc(Nc2cccc(C(F)(F)F)c2)cc(-c2ccccc2)n1. The zero-order chi connectivity index (χ0) is 17.9. The van der Waals surface area contributed by atoms with Crippen molar-refractivity contribution in [1.29, 1.82) is 0 Å². The van der Waals surface area contributed by atoms with Crippen molar-refractivity contribution in [1.82, 2.24) is 9.97 Å². The maximum absolute atomic E-state index is 12.8. The lowest BCUT2D eigenvalue weighted by Crippen LogP contribution is -2.06. The van der Waals surface area contributed by atoms with Crippen molar-refractivity contribution in [2.45, 2.75) is 6.18 Å². The van der Waals surface area contributed by atoms with Crippen LogP contribution in [0.1, 0.15) is 5.56 Å². The molecule has 0 atom stereocenters. The van der Waals surface area contributed by atoms with E-state index in [1.807, 2.05) is 30.3 Å². The Morgan fingerprint density at radius 1 is 0.880 bits per heavy atom. The van der Waals surface area contributed by atoms with Gasteiger partial charge in [-0.15, -0.1) is 0 Å². The van der Waals surface area contributed by atoms with E-state index in [0.717, 1.165) is 17.7 Å². The number of anilines is 3. The molecule has 2 aromatic carbocycles. The van der Waals surface area contributed by atoms with Crippen LogP contribution in [0.25, 0.3) is 11.3 Å². The summed E-state index contributed by atoms with van der Waals surface area (Å²) >= 11 is 0. The Balaban J connectivity index is 1.95. The summed E-state index contributed by atoms with van der Waals surface area (Å²) in [7, 11) is 1.68. The van der Waals surface area contributed by atoms with Gasteiger partial charge in [0.15, 0.2) is 0 Å². The van der Waals surface area contributed by atoms with E-state index in [-0.39, 0.29) is 0 Å². The van der Waals surface area contributed by atoms with Gasteiger partial charge in [-0.2, -0.15) is 18.2 Å². The topological polar surface area (TPSA) is 49.8 Å². The number of hydrogen-bond acceptors (Lipinski definition) is 4. The van der Waals surface area contributed by atoms with Gasteiger partial charge in [0.05, 0.1) is 11.3 Å². The molecule has 4 nitrogen and oxygen atoms in total. The van der Waals surface area contributed by atoms with Crippen LogP contribution in [0.15, 0.2) is 60.7 Å². The minimum Gasteiger partial charge on any atom is -0.357 e. The molecule has 2 N–H and O–H groups in total. The van der Waals surface area contributed by atoms with Crippen LogP contribution in [-0.4, -0.2) is 17.0 Å². The fourth-order valence-electron chi connectivity index (χ4n) is 2.30. The van der Waals surface area contributed by atoms with Crippen LogP contribution in [0.3, 0.4) is 0 Å². The van der Waals surface area contributed by atoms with E-state index in [1.165, 1.54) is 6.07 Å². The Morgan fingerprint density at radius 3 is 2.32 bits per heavy atom. The van der Waals surface area contributed by atoms with Crippen LogP contribution < -0.4 is 10.6 Å². The van der Waals surface area contributed by atoms with E-state index in [9.17, 15) is 13.2 Å². The molecule has 3 aromatic rings. The maximum atomic E-state index is 12.8. The second-order valence-corrected chi connectivity index (χ2v) is 5.28. The molecule has 0 bridgehead atoms. The summed E-state index contributed by atoms with van der Waals surface area (Å²) in [6.07, 6.45) is -4.39. The van der Waals surface area contributed by atoms with Gasteiger partial charge in [-0.3, -0.25) is 0 Å². The summed E-state index contributed by atoms with van der Waals surface area (Å²) in [4.78, 5) is 8.63. The predicted molar refractivity (Wildman–Crippen MR) is 91.7 cm³/mol. The highest BCUT2D eigenvalue weighted by atomic mass is 19.4. The number of aromatic nitrogens is 2. The Labute approximate surface area is 142 Å². The number of hydrogen-bond donors (Lipinski definition) is 2. The first kappa shape index (κ1) is 16.8. The molecule has 0 aliphatic carbocycles. The van der Waals surface area contributed by atoms with E-state index >= 15 is 0 Å². The van der Waals surface area contributed by atoms with Crippen molar-refractivity contribution in [2.24, 2.45) is 0 Å². The molecule has 0 unspecified atom stereocenters. The van der Waals surface area contributed by atoms with E-state index < -0.39 is 11.7 Å². The van der Waals surface area contributed by atoms with Crippen molar-refractivity contribution < 1.29 is 13.2 Å².